The van der Waals surface area contributed by atoms with Gasteiger partial charge >= 0.3 is 12.0 Å². The fourth-order valence-electron chi connectivity index (χ4n) is 2.22. The highest BCUT2D eigenvalue weighted by Gasteiger charge is 2.17. The Labute approximate surface area is 128 Å². The van der Waals surface area contributed by atoms with Crippen LogP contribution >= 0.6 is 0 Å². The summed E-state index contributed by atoms with van der Waals surface area (Å²) in [5.41, 5.74) is 0. The van der Waals surface area contributed by atoms with Crippen molar-refractivity contribution < 1.29 is 14.7 Å². The number of hydrogen-bond donors (Lipinski definition) is 2. The molecule has 0 aromatic rings. The predicted molar refractivity (Wildman–Crippen MR) is 84.5 cm³/mol. The first-order valence-electron chi connectivity index (χ1n) is 7.94. The van der Waals surface area contributed by atoms with E-state index in [-0.39, 0.29) is 18.6 Å². The number of carboxylic acid groups (broad SMARTS) is 1. The van der Waals surface area contributed by atoms with Crippen LogP contribution in [0.5, 0.6) is 0 Å². The van der Waals surface area contributed by atoms with Gasteiger partial charge in [-0.25, -0.2) is 4.79 Å². The maximum Gasteiger partial charge on any atom is 0.323 e. The second kappa shape index (κ2) is 11.4. The van der Waals surface area contributed by atoms with Crippen LogP contribution in [0.1, 0.15) is 47.0 Å². The summed E-state index contributed by atoms with van der Waals surface area (Å²) < 4.78 is 0. The second-order valence-electron chi connectivity index (χ2n) is 5.33. The van der Waals surface area contributed by atoms with Crippen molar-refractivity contribution in [2.45, 2.75) is 53.0 Å². The van der Waals surface area contributed by atoms with Gasteiger partial charge < -0.3 is 20.2 Å². The number of hydrogen-bond acceptors (Lipinski definition) is 3. The summed E-state index contributed by atoms with van der Waals surface area (Å²) in [7, 11) is 0. The van der Waals surface area contributed by atoms with Crippen molar-refractivity contribution in [2.75, 3.05) is 32.7 Å². The molecule has 124 valence electrons. The molecule has 0 fully saturated rings. The quantitative estimate of drug-likeness (QED) is 0.612. The lowest BCUT2D eigenvalue weighted by atomic mass is 10.2. The molecule has 0 spiro atoms. The van der Waals surface area contributed by atoms with Gasteiger partial charge in [0, 0.05) is 12.6 Å². The zero-order valence-corrected chi connectivity index (χ0v) is 13.9. The molecule has 21 heavy (non-hydrogen) atoms. The van der Waals surface area contributed by atoms with Gasteiger partial charge in [0.25, 0.3) is 0 Å². The molecule has 0 saturated heterocycles. The number of nitrogens with one attached hydrogen (secondary N) is 1. The van der Waals surface area contributed by atoms with E-state index < -0.39 is 5.97 Å². The van der Waals surface area contributed by atoms with Crippen LogP contribution in [0.3, 0.4) is 0 Å². The van der Waals surface area contributed by atoms with Gasteiger partial charge in [0.2, 0.25) is 0 Å². The van der Waals surface area contributed by atoms with Crippen molar-refractivity contribution in [3.8, 4) is 0 Å². The maximum atomic E-state index is 12.0. The Bertz CT molecular complexity index is 307. The molecule has 0 aromatic carbocycles. The minimum atomic E-state index is -0.979. The largest absolute Gasteiger partial charge is 0.480 e. The minimum absolute atomic E-state index is 0.0567. The molecule has 0 aromatic heterocycles. The highest BCUT2D eigenvalue weighted by Crippen LogP contribution is 2.01. The molecule has 6 nitrogen and oxygen atoms in total. The summed E-state index contributed by atoms with van der Waals surface area (Å²) in [6.07, 6.45) is 2.67. The third-order valence-electron chi connectivity index (χ3n) is 3.48. The van der Waals surface area contributed by atoms with Crippen LogP contribution in [-0.4, -0.2) is 65.7 Å². The number of carbonyl (C=O) groups excluding carboxylic acids is 1. The Morgan fingerprint density at radius 1 is 1.14 bits per heavy atom. The van der Waals surface area contributed by atoms with E-state index in [2.05, 4.69) is 24.1 Å². The molecule has 6 heteroatoms. The van der Waals surface area contributed by atoms with Crippen molar-refractivity contribution >= 4 is 12.0 Å². The van der Waals surface area contributed by atoms with E-state index in [1.165, 1.54) is 4.90 Å². The van der Waals surface area contributed by atoms with Gasteiger partial charge in [0.15, 0.2) is 0 Å². The van der Waals surface area contributed by atoms with Crippen LogP contribution in [0.15, 0.2) is 0 Å². The Balaban J connectivity index is 4.12. The zero-order valence-electron chi connectivity index (χ0n) is 13.9. The lowest BCUT2D eigenvalue weighted by molar-refractivity contribution is -0.137. The molecule has 0 saturated carbocycles. The molecule has 2 amide bonds. The summed E-state index contributed by atoms with van der Waals surface area (Å²) in [6.45, 7) is 11.5. The third-order valence-corrected chi connectivity index (χ3v) is 3.48. The predicted octanol–water partition coefficient (Wildman–Crippen LogP) is 2.00. The Hall–Kier alpha value is -1.30. The van der Waals surface area contributed by atoms with Crippen molar-refractivity contribution in [2.24, 2.45) is 0 Å². The van der Waals surface area contributed by atoms with Crippen LogP contribution in [0.2, 0.25) is 0 Å². The molecule has 0 aliphatic heterocycles. The molecule has 0 bridgehead atoms. The van der Waals surface area contributed by atoms with Crippen molar-refractivity contribution in [3.63, 3.8) is 0 Å². The molecule has 0 aliphatic rings. The van der Waals surface area contributed by atoms with E-state index in [1.807, 2.05) is 13.8 Å². The van der Waals surface area contributed by atoms with Gasteiger partial charge in [-0.3, -0.25) is 4.79 Å². The minimum Gasteiger partial charge on any atom is -0.480 e. The number of carboxylic acids is 1. The van der Waals surface area contributed by atoms with Gasteiger partial charge in [0.05, 0.1) is 0 Å². The molecule has 0 aliphatic carbocycles. The van der Waals surface area contributed by atoms with Gasteiger partial charge in [-0.2, -0.15) is 0 Å². The summed E-state index contributed by atoms with van der Waals surface area (Å²) in [4.78, 5) is 26.5. The first-order valence-corrected chi connectivity index (χ1v) is 7.94. The van der Waals surface area contributed by atoms with Gasteiger partial charge in [-0.05, 0) is 45.8 Å². The number of rotatable bonds is 11. The first kappa shape index (κ1) is 19.7. The van der Waals surface area contributed by atoms with E-state index in [4.69, 9.17) is 5.11 Å². The van der Waals surface area contributed by atoms with Gasteiger partial charge in [0.1, 0.15) is 6.54 Å². The van der Waals surface area contributed by atoms with Gasteiger partial charge in [-0.15, -0.1) is 0 Å². The molecule has 2 N–H and O–H groups in total. The smallest absolute Gasteiger partial charge is 0.323 e. The lowest BCUT2D eigenvalue weighted by Gasteiger charge is -2.24. The molecule has 1 atom stereocenters. The molecular weight excluding hydrogens is 270 g/mol. The fourth-order valence-corrected chi connectivity index (χ4v) is 2.22. The summed E-state index contributed by atoms with van der Waals surface area (Å²) in [5.74, 6) is -0.979. The first-order chi connectivity index (χ1) is 9.94. The summed E-state index contributed by atoms with van der Waals surface area (Å²) in [6, 6.07) is -0.226. The molecule has 0 heterocycles. The zero-order chi connectivity index (χ0) is 16.3. The average molecular weight is 301 g/mol. The third kappa shape index (κ3) is 9.28. The highest BCUT2D eigenvalue weighted by molar-refractivity contribution is 5.80. The van der Waals surface area contributed by atoms with Crippen LogP contribution in [0, 0.1) is 0 Å². The van der Waals surface area contributed by atoms with Crippen molar-refractivity contribution in [1.82, 2.24) is 15.1 Å². The van der Waals surface area contributed by atoms with Gasteiger partial charge in [-0.1, -0.05) is 20.8 Å². The van der Waals surface area contributed by atoms with Crippen LogP contribution in [0.25, 0.3) is 0 Å². The Morgan fingerprint density at radius 2 is 1.76 bits per heavy atom. The fraction of sp³-hybridized carbons (Fsp3) is 0.867. The molecule has 0 rings (SSSR count). The SMILES string of the molecule is CCCN(CC(=O)O)C(=O)NC(C)CCCN(CC)CC. The maximum absolute atomic E-state index is 12.0. The van der Waals surface area contributed by atoms with E-state index >= 15 is 0 Å². The van der Waals surface area contributed by atoms with Crippen LogP contribution < -0.4 is 5.32 Å². The van der Waals surface area contributed by atoms with E-state index in [0.29, 0.717) is 6.54 Å². The number of urea groups is 1. The lowest BCUT2D eigenvalue weighted by Crippen LogP contribution is -2.46. The van der Waals surface area contributed by atoms with Crippen molar-refractivity contribution in [3.05, 3.63) is 0 Å². The Morgan fingerprint density at radius 3 is 2.24 bits per heavy atom. The van der Waals surface area contributed by atoms with Crippen LogP contribution in [0.4, 0.5) is 4.79 Å². The average Bonchev–Trinajstić information content (AvgIpc) is 2.42. The van der Waals surface area contributed by atoms with Crippen LogP contribution in [-0.2, 0) is 4.79 Å². The van der Waals surface area contributed by atoms with E-state index in [1.54, 1.807) is 0 Å². The number of aliphatic carboxylic acids is 1. The highest BCUT2D eigenvalue weighted by atomic mass is 16.4. The molecular formula is C15H31N3O3. The number of amides is 2. The van der Waals surface area contributed by atoms with Crippen molar-refractivity contribution in [1.29, 1.82) is 0 Å². The topological polar surface area (TPSA) is 72.9 Å². The Kier molecular flexibility index (Phi) is 10.7. The second-order valence-corrected chi connectivity index (χ2v) is 5.33. The monoisotopic (exact) mass is 301 g/mol. The number of carbonyl (C=O) groups is 2. The van der Waals surface area contributed by atoms with E-state index in [0.717, 1.165) is 38.9 Å². The summed E-state index contributed by atoms with van der Waals surface area (Å²) >= 11 is 0. The molecule has 1 unspecified atom stereocenters. The normalized spacial score (nSPS) is 12.2. The standard InChI is InChI=1S/C15H31N3O3/c1-5-10-18(12-14(19)20)15(21)16-13(4)9-8-11-17(6-2)7-3/h13H,5-12H2,1-4H3,(H,16,21)(H,19,20). The number of nitrogens with zero attached hydrogens (tertiary/aromatic N) is 2. The molecule has 0 radical (unpaired) electrons. The summed E-state index contributed by atoms with van der Waals surface area (Å²) in [5, 5.41) is 11.7. The van der Waals surface area contributed by atoms with E-state index in [9.17, 15) is 9.59 Å².